The zero-order valence-corrected chi connectivity index (χ0v) is 7.89. The quantitative estimate of drug-likeness (QED) is 0.500. The summed E-state index contributed by atoms with van der Waals surface area (Å²) in [7, 11) is 0. The Morgan fingerprint density at radius 1 is 1.50 bits per heavy atom. The van der Waals surface area contributed by atoms with E-state index in [1.807, 2.05) is 0 Å². The summed E-state index contributed by atoms with van der Waals surface area (Å²) in [6.45, 7) is 5.33. The van der Waals surface area contributed by atoms with E-state index in [9.17, 15) is 0 Å². The summed E-state index contributed by atoms with van der Waals surface area (Å²) in [4.78, 5) is 0. The lowest BCUT2D eigenvalue weighted by atomic mass is 9.90. The topological polar surface area (TPSA) is 9.23 Å². The molecule has 1 nitrogen and oxygen atoms in total. The van der Waals surface area contributed by atoms with E-state index in [4.69, 9.17) is 4.74 Å². The van der Waals surface area contributed by atoms with Gasteiger partial charge >= 0.3 is 0 Å². The maximum Gasteiger partial charge on any atom is 0.0823 e. The van der Waals surface area contributed by atoms with Gasteiger partial charge in [0.2, 0.25) is 0 Å². The molecule has 1 unspecified atom stereocenters. The molecule has 0 amide bonds. The summed E-state index contributed by atoms with van der Waals surface area (Å²) < 4.78 is 5.63. The number of allylic oxidation sites excluding steroid dienone is 2. The first-order valence-electron chi connectivity index (χ1n) is 4.73. The predicted octanol–water partition coefficient (Wildman–Crippen LogP) is 2.83. The van der Waals surface area contributed by atoms with Crippen molar-refractivity contribution >= 4 is 0 Å². The SMILES string of the molecule is CC(C)=C1CC=C2CCOC2C1. The first-order valence-corrected chi connectivity index (χ1v) is 4.73. The molecule has 0 aromatic rings. The number of ether oxygens (including phenoxy) is 1. The van der Waals surface area contributed by atoms with Crippen molar-refractivity contribution in [3.8, 4) is 0 Å². The van der Waals surface area contributed by atoms with E-state index in [1.54, 1.807) is 11.1 Å². The zero-order valence-electron chi connectivity index (χ0n) is 7.89. The summed E-state index contributed by atoms with van der Waals surface area (Å²) in [6.07, 6.45) is 6.28. The van der Waals surface area contributed by atoms with Crippen LogP contribution in [0.1, 0.15) is 33.1 Å². The van der Waals surface area contributed by atoms with Gasteiger partial charge in [-0.3, -0.25) is 0 Å². The molecule has 1 heterocycles. The van der Waals surface area contributed by atoms with Crippen LogP contribution < -0.4 is 0 Å². The predicted molar refractivity (Wildman–Crippen MR) is 50.0 cm³/mol. The lowest BCUT2D eigenvalue weighted by molar-refractivity contribution is 0.122. The van der Waals surface area contributed by atoms with Gasteiger partial charge in [0.15, 0.2) is 0 Å². The second-order valence-electron chi connectivity index (χ2n) is 3.90. The second-order valence-corrected chi connectivity index (χ2v) is 3.90. The molecule has 1 heteroatoms. The van der Waals surface area contributed by atoms with Gasteiger partial charge in [0, 0.05) is 0 Å². The molecular formula is C11H16O. The van der Waals surface area contributed by atoms with Crippen LogP contribution in [0.2, 0.25) is 0 Å². The van der Waals surface area contributed by atoms with E-state index in [1.165, 1.54) is 12.0 Å². The summed E-state index contributed by atoms with van der Waals surface area (Å²) in [6, 6.07) is 0. The molecule has 0 aromatic carbocycles. The van der Waals surface area contributed by atoms with Crippen molar-refractivity contribution < 1.29 is 4.74 Å². The van der Waals surface area contributed by atoms with Crippen molar-refractivity contribution in [2.45, 2.75) is 39.2 Å². The summed E-state index contributed by atoms with van der Waals surface area (Å²) in [5.41, 5.74) is 4.59. The molecule has 2 rings (SSSR count). The molecule has 1 aliphatic carbocycles. The molecule has 2 aliphatic rings. The second kappa shape index (κ2) is 3.06. The van der Waals surface area contributed by atoms with E-state index in [2.05, 4.69) is 19.9 Å². The monoisotopic (exact) mass is 164 g/mol. The number of hydrogen-bond acceptors (Lipinski definition) is 1. The van der Waals surface area contributed by atoms with Crippen molar-refractivity contribution in [1.29, 1.82) is 0 Å². The normalized spacial score (nSPS) is 28.3. The Kier molecular flexibility index (Phi) is 2.05. The number of hydrogen-bond donors (Lipinski definition) is 0. The Balaban J connectivity index is 2.19. The molecule has 1 atom stereocenters. The summed E-state index contributed by atoms with van der Waals surface area (Å²) >= 11 is 0. The van der Waals surface area contributed by atoms with Gasteiger partial charge < -0.3 is 4.74 Å². The van der Waals surface area contributed by atoms with Gasteiger partial charge in [-0.2, -0.15) is 0 Å². The Hall–Kier alpha value is -0.560. The van der Waals surface area contributed by atoms with Gasteiger partial charge in [0.1, 0.15) is 0 Å². The third-order valence-corrected chi connectivity index (χ3v) is 2.87. The maximum absolute atomic E-state index is 5.63. The average molecular weight is 164 g/mol. The molecular weight excluding hydrogens is 148 g/mol. The van der Waals surface area contributed by atoms with Crippen LogP contribution in [-0.2, 0) is 4.74 Å². The highest BCUT2D eigenvalue weighted by Gasteiger charge is 2.25. The molecule has 0 saturated carbocycles. The van der Waals surface area contributed by atoms with Gasteiger partial charge in [-0.15, -0.1) is 0 Å². The minimum Gasteiger partial charge on any atom is -0.373 e. The molecule has 0 N–H and O–H groups in total. The Labute approximate surface area is 74.1 Å². The Bertz CT molecular complexity index is 244. The van der Waals surface area contributed by atoms with Crippen molar-refractivity contribution in [1.82, 2.24) is 0 Å². The van der Waals surface area contributed by atoms with Crippen LogP contribution in [0.25, 0.3) is 0 Å². The van der Waals surface area contributed by atoms with Crippen molar-refractivity contribution in [3.63, 3.8) is 0 Å². The largest absolute Gasteiger partial charge is 0.373 e. The third kappa shape index (κ3) is 1.34. The molecule has 0 spiro atoms. The standard InChI is InChI=1S/C11H16O/c1-8(2)10-4-3-9-5-6-12-11(9)7-10/h3,11H,4-7H2,1-2H3. The van der Waals surface area contributed by atoms with Crippen LogP contribution >= 0.6 is 0 Å². The molecule has 0 aromatic heterocycles. The minimum absolute atomic E-state index is 0.434. The highest BCUT2D eigenvalue weighted by molar-refractivity contribution is 5.27. The molecule has 1 saturated heterocycles. The van der Waals surface area contributed by atoms with E-state index in [0.29, 0.717) is 6.10 Å². The highest BCUT2D eigenvalue weighted by atomic mass is 16.5. The fourth-order valence-electron chi connectivity index (χ4n) is 1.98. The van der Waals surface area contributed by atoms with Crippen LogP contribution in [0, 0.1) is 0 Å². The Morgan fingerprint density at radius 2 is 2.33 bits per heavy atom. The molecule has 1 aliphatic heterocycles. The minimum atomic E-state index is 0.434. The van der Waals surface area contributed by atoms with Gasteiger partial charge in [0.05, 0.1) is 12.7 Å². The molecule has 66 valence electrons. The molecule has 0 bridgehead atoms. The fraction of sp³-hybridized carbons (Fsp3) is 0.636. The van der Waals surface area contributed by atoms with Gasteiger partial charge in [-0.1, -0.05) is 17.2 Å². The maximum atomic E-state index is 5.63. The third-order valence-electron chi connectivity index (χ3n) is 2.87. The molecule has 12 heavy (non-hydrogen) atoms. The van der Waals surface area contributed by atoms with Gasteiger partial charge in [-0.25, -0.2) is 0 Å². The van der Waals surface area contributed by atoms with Crippen LogP contribution in [0.5, 0.6) is 0 Å². The molecule has 0 radical (unpaired) electrons. The number of rotatable bonds is 0. The van der Waals surface area contributed by atoms with E-state index >= 15 is 0 Å². The summed E-state index contributed by atoms with van der Waals surface area (Å²) in [5.74, 6) is 0. The van der Waals surface area contributed by atoms with Crippen molar-refractivity contribution in [3.05, 3.63) is 22.8 Å². The lowest BCUT2D eigenvalue weighted by Gasteiger charge is -2.20. The fourth-order valence-corrected chi connectivity index (χ4v) is 1.98. The lowest BCUT2D eigenvalue weighted by Crippen LogP contribution is -2.13. The highest BCUT2D eigenvalue weighted by Crippen LogP contribution is 2.33. The van der Waals surface area contributed by atoms with E-state index in [0.717, 1.165) is 19.4 Å². The van der Waals surface area contributed by atoms with Crippen molar-refractivity contribution in [2.24, 2.45) is 0 Å². The molecule has 1 fully saturated rings. The zero-order chi connectivity index (χ0) is 8.55. The van der Waals surface area contributed by atoms with E-state index in [-0.39, 0.29) is 0 Å². The van der Waals surface area contributed by atoms with Crippen LogP contribution in [0.15, 0.2) is 22.8 Å². The van der Waals surface area contributed by atoms with Crippen LogP contribution in [-0.4, -0.2) is 12.7 Å². The van der Waals surface area contributed by atoms with Crippen LogP contribution in [0.3, 0.4) is 0 Å². The Morgan fingerprint density at radius 3 is 3.08 bits per heavy atom. The van der Waals surface area contributed by atoms with Gasteiger partial charge in [0.25, 0.3) is 0 Å². The first-order chi connectivity index (χ1) is 5.77. The van der Waals surface area contributed by atoms with Gasteiger partial charge in [-0.05, 0) is 38.7 Å². The van der Waals surface area contributed by atoms with Crippen LogP contribution in [0.4, 0.5) is 0 Å². The summed E-state index contributed by atoms with van der Waals surface area (Å²) in [5, 5.41) is 0. The van der Waals surface area contributed by atoms with E-state index < -0.39 is 0 Å². The van der Waals surface area contributed by atoms with Crippen molar-refractivity contribution in [2.75, 3.05) is 6.61 Å². The smallest absolute Gasteiger partial charge is 0.0823 e. The average Bonchev–Trinajstić information content (AvgIpc) is 2.49. The first kappa shape index (κ1) is 8.06. The number of fused-ring (bicyclic) bond motifs is 1.